The lowest BCUT2D eigenvalue weighted by molar-refractivity contribution is -0.137. The van der Waals surface area contributed by atoms with Crippen LogP contribution in [-0.4, -0.2) is 61.7 Å². The molecule has 1 N–H and O–H groups in total. The Morgan fingerprint density at radius 1 is 1.16 bits per heavy atom. The van der Waals surface area contributed by atoms with Crippen molar-refractivity contribution >= 4 is 27.5 Å². The standard InChI is InChI=1S/C22H31N3O5S/c1-3-18-21(26)23-17-12-15(2)20(13-19(17)30-18)31(28,29)25-11-7-8-16(14-25)22(27)24-9-5-4-6-10-24/h12-13,16,18H,3-11,14H2,1-2H3,(H,23,26)/t16-,18-/m1/s1. The Morgan fingerprint density at radius 2 is 1.90 bits per heavy atom. The number of carbonyl (C=O) groups is 2. The van der Waals surface area contributed by atoms with Crippen LogP contribution in [0, 0.1) is 12.8 Å². The summed E-state index contributed by atoms with van der Waals surface area (Å²) in [6, 6.07) is 3.16. The highest BCUT2D eigenvalue weighted by atomic mass is 32.2. The van der Waals surface area contributed by atoms with E-state index in [1.165, 1.54) is 10.4 Å². The number of ether oxygens (including phenoxy) is 1. The van der Waals surface area contributed by atoms with Crippen molar-refractivity contribution in [1.82, 2.24) is 9.21 Å². The number of aryl methyl sites for hydroxylation is 1. The first-order chi connectivity index (χ1) is 14.8. The van der Waals surface area contributed by atoms with Crippen LogP contribution in [0.1, 0.15) is 51.0 Å². The fourth-order valence-corrected chi connectivity index (χ4v) is 6.45. The summed E-state index contributed by atoms with van der Waals surface area (Å²) in [4.78, 5) is 27.1. The minimum absolute atomic E-state index is 0.0820. The molecule has 3 heterocycles. The molecule has 0 bridgehead atoms. The first kappa shape index (κ1) is 22.1. The lowest BCUT2D eigenvalue weighted by Gasteiger charge is -2.36. The van der Waals surface area contributed by atoms with Crippen molar-refractivity contribution < 1.29 is 22.7 Å². The molecule has 1 aromatic rings. The van der Waals surface area contributed by atoms with Crippen LogP contribution in [0.3, 0.4) is 0 Å². The van der Waals surface area contributed by atoms with Crippen molar-refractivity contribution in [2.75, 3.05) is 31.5 Å². The van der Waals surface area contributed by atoms with E-state index in [1.54, 1.807) is 13.0 Å². The highest BCUT2D eigenvalue weighted by molar-refractivity contribution is 7.89. The molecule has 2 atom stereocenters. The molecule has 8 nitrogen and oxygen atoms in total. The first-order valence-electron chi connectivity index (χ1n) is 11.2. The maximum atomic E-state index is 13.5. The zero-order chi connectivity index (χ0) is 22.2. The third kappa shape index (κ3) is 4.30. The minimum atomic E-state index is -3.79. The molecular formula is C22H31N3O5S. The van der Waals surface area contributed by atoms with Crippen LogP contribution in [0.15, 0.2) is 17.0 Å². The van der Waals surface area contributed by atoms with Gasteiger partial charge in [0.05, 0.1) is 16.5 Å². The lowest BCUT2D eigenvalue weighted by Crippen LogP contribution is -2.48. The van der Waals surface area contributed by atoms with E-state index in [-0.39, 0.29) is 29.2 Å². The van der Waals surface area contributed by atoms with Crippen LogP contribution in [0.2, 0.25) is 0 Å². The molecule has 9 heteroatoms. The molecule has 0 saturated carbocycles. The van der Waals surface area contributed by atoms with Gasteiger partial charge >= 0.3 is 0 Å². The Kier molecular flexibility index (Phi) is 6.25. The summed E-state index contributed by atoms with van der Waals surface area (Å²) in [5.74, 6) is -0.0631. The Labute approximate surface area is 184 Å². The van der Waals surface area contributed by atoms with Crippen molar-refractivity contribution in [2.45, 2.75) is 63.4 Å². The van der Waals surface area contributed by atoms with E-state index in [4.69, 9.17) is 4.74 Å². The molecule has 3 aliphatic heterocycles. The van der Waals surface area contributed by atoms with Crippen molar-refractivity contribution in [3.05, 3.63) is 17.7 Å². The maximum Gasteiger partial charge on any atom is 0.265 e. The average molecular weight is 450 g/mol. The lowest BCUT2D eigenvalue weighted by atomic mass is 9.97. The number of sulfonamides is 1. The molecule has 0 radical (unpaired) electrons. The highest BCUT2D eigenvalue weighted by Crippen LogP contribution is 2.36. The third-order valence-corrected chi connectivity index (χ3v) is 8.49. The third-order valence-electron chi connectivity index (χ3n) is 6.49. The quantitative estimate of drug-likeness (QED) is 0.762. The number of nitrogens with zero attached hydrogens (tertiary/aromatic N) is 2. The zero-order valence-corrected chi connectivity index (χ0v) is 19.0. The fraction of sp³-hybridized carbons (Fsp3) is 0.636. The maximum absolute atomic E-state index is 13.5. The van der Waals surface area contributed by atoms with Gasteiger partial charge in [0, 0.05) is 32.2 Å². The number of hydrogen-bond donors (Lipinski definition) is 1. The molecule has 0 spiro atoms. The molecule has 3 aliphatic rings. The summed E-state index contributed by atoms with van der Waals surface area (Å²) in [7, 11) is -3.79. The fourth-order valence-electron chi connectivity index (χ4n) is 4.71. The molecule has 0 aromatic heterocycles. The van der Waals surface area contributed by atoms with Gasteiger partial charge in [-0.05, 0) is 57.1 Å². The van der Waals surface area contributed by atoms with Gasteiger partial charge in [0.2, 0.25) is 15.9 Å². The van der Waals surface area contributed by atoms with Gasteiger partial charge in [-0.2, -0.15) is 4.31 Å². The van der Waals surface area contributed by atoms with Crippen molar-refractivity contribution in [2.24, 2.45) is 5.92 Å². The Balaban J connectivity index is 1.56. The molecule has 1 aromatic carbocycles. The van der Waals surface area contributed by atoms with E-state index < -0.39 is 16.1 Å². The molecule has 0 unspecified atom stereocenters. The number of hydrogen-bond acceptors (Lipinski definition) is 5. The van der Waals surface area contributed by atoms with Crippen LogP contribution in [0.5, 0.6) is 5.75 Å². The van der Waals surface area contributed by atoms with Crippen LogP contribution in [-0.2, 0) is 19.6 Å². The second-order valence-corrected chi connectivity index (χ2v) is 10.6. The van der Waals surface area contributed by atoms with E-state index >= 15 is 0 Å². The molecule has 2 saturated heterocycles. The molecule has 170 valence electrons. The predicted molar refractivity (Wildman–Crippen MR) is 116 cm³/mol. The van der Waals surface area contributed by atoms with E-state index in [2.05, 4.69) is 5.32 Å². The topological polar surface area (TPSA) is 96.0 Å². The van der Waals surface area contributed by atoms with Crippen LogP contribution < -0.4 is 10.1 Å². The summed E-state index contributed by atoms with van der Waals surface area (Å²) in [5, 5.41) is 2.80. The van der Waals surface area contributed by atoms with Crippen LogP contribution in [0.4, 0.5) is 5.69 Å². The predicted octanol–water partition coefficient (Wildman–Crippen LogP) is 2.52. The molecule has 4 rings (SSSR count). The SMILES string of the molecule is CC[C@H]1Oc2cc(S(=O)(=O)N3CCC[C@@H](C(=O)N4CCCCC4)C3)c(C)cc2NC1=O. The van der Waals surface area contributed by atoms with Crippen molar-refractivity contribution in [1.29, 1.82) is 0 Å². The van der Waals surface area contributed by atoms with Gasteiger partial charge in [-0.25, -0.2) is 8.42 Å². The molecule has 31 heavy (non-hydrogen) atoms. The van der Waals surface area contributed by atoms with Gasteiger partial charge in [0.15, 0.2) is 6.10 Å². The second-order valence-electron chi connectivity index (χ2n) is 8.71. The normalized spacial score (nSPS) is 24.8. The Hall–Kier alpha value is -2.13. The number of rotatable bonds is 4. The molecule has 2 fully saturated rings. The largest absolute Gasteiger partial charge is 0.478 e. The number of nitrogens with one attached hydrogen (secondary N) is 1. The van der Waals surface area contributed by atoms with Gasteiger partial charge in [-0.1, -0.05) is 6.92 Å². The number of piperidine rings is 2. The minimum Gasteiger partial charge on any atom is -0.478 e. The highest BCUT2D eigenvalue weighted by Gasteiger charge is 2.37. The van der Waals surface area contributed by atoms with Gasteiger partial charge in [-0.3, -0.25) is 9.59 Å². The first-order valence-corrected chi connectivity index (χ1v) is 12.7. The number of anilines is 1. The average Bonchev–Trinajstić information content (AvgIpc) is 2.78. The van der Waals surface area contributed by atoms with E-state index in [0.717, 1.165) is 38.8 Å². The number of benzene rings is 1. The summed E-state index contributed by atoms with van der Waals surface area (Å²) in [6.07, 6.45) is 4.43. The van der Waals surface area contributed by atoms with Crippen LogP contribution in [0.25, 0.3) is 0 Å². The Bertz CT molecular complexity index is 972. The van der Waals surface area contributed by atoms with Crippen LogP contribution >= 0.6 is 0 Å². The smallest absolute Gasteiger partial charge is 0.265 e. The number of fused-ring (bicyclic) bond motifs is 1. The Morgan fingerprint density at radius 3 is 2.61 bits per heavy atom. The number of likely N-dealkylation sites (tertiary alicyclic amines) is 1. The van der Waals surface area contributed by atoms with Gasteiger partial charge in [0.25, 0.3) is 5.91 Å². The summed E-state index contributed by atoms with van der Waals surface area (Å²) in [6.45, 7) is 5.71. The summed E-state index contributed by atoms with van der Waals surface area (Å²) < 4.78 is 34.2. The van der Waals surface area contributed by atoms with Crippen molar-refractivity contribution in [3.8, 4) is 5.75 Å². The molecule has 0 aliphatic carbocycles. The summed E-state index contributed by atoms with van der Waals surface area (Å²) in [5.41, 5.74) is 1.03. The van der Waals surface area contributed by atoms with Gasteiger partial charge < -0.3 is 15.0 Å². The monoisotopic (exact) mass is 449 g/mol. The van der Waals surface area contributed by atoms with E-state index in [9.17, 15) is 18.0 Å². The van der Waals surface area contributed by atoms with E-state index in [1.807, 2.05) is 11.8 Å². The van der Waals surface area contributed by atoms with E-state index in [0.29, 0.717) is 36.4 Å². The van der Waals surface area contributed by atoms with Gasteiger partial charge in [-0.15, -0.1) is 0 Å². The van der Waals surface area contributed by atoms with Crippen molar-refractivity contribution in [3.63, 3.8) is 0 Å². The van der Waals surface area contributed by atoms with Gasteiger partial charge in [0.1, 0.15) is 5.75 Å². The number of amides is 2. The summed E-state index contributed by atoms with van der Waals surface area (Å²) >= 11 is 0. The second kappa shape index (κ2) is 8.78. The molecular weight excluding hydrogens is 418 g/mol. The zero-order valence-electron chi connectivity index (χ0n) is 18.2. The number of carbonyl (C=O) groups excluding carboxylic acids is 2. The molecule has 2 amide bonds.